The van der Waals surface area contributed by atoms with E-state index in [1.807, 2.05) is 0 Å². The van der Waals surface area contributed by atoms with E-state index >= 15 is 0 Å². The third-order valence-corrected chi connectivity index (χ3v) is 5.51. The summed E-state index contributed by atoms with van der Waals surface area (Å²) in [7, 11) is 0. The summed E-state index contributed by atoms with van der Waals surface area (Å²) < 4.78 is 6.33. The van der Waals surface area contributed by atoms with E-state index in [4.69, 9.17) is 4.42 Å². The number of nitrogens with one attached hydrogen (secondary N) is 1. The van der Waals surface area contributed by atoms with Crippen molar-refractivity contribution in [2.75, 3.05) is 0 Å². The highest BCUT2D eigenvalue weighted by molar-refractivity contribution is 6.06. The molecule has 2 aromatic carbocycles. The number of fused-ring (bicyclic) bond motifs is 5. The molecule has 1 N–H and O–H groups in total. The second-order valence-corrected chi connectivity index (χ2v) is 6.94. The molecule has 3 aromatic rings. The predicted octanol–water partition coefficient (Wildman–Crippen LogP) is 5.57. The van der Waals surface area contributed by atoms with Gasteiger partial charge in [-0.3, -0.25) is 0 Å². The molecule has 2 heteroatoms. The zero-order chi connectivity index (χ0) is 15.4. The van der Waals surface area contributed by atoms with Gasteiger partial charge in [0.25, 0.3) is 0 Å². The second-order valence-electron chi connectivity index (χ2n) is 6.94. The monoisotopic (exact) mass is 303 g/mol. The van der Waals surface area contributed by atoms with Gasteiger partial charge in [0.2, 0.25) is 0 Å². The molecule has 2 aliphatic rings. The highest BCUT2D eigenvalue weighted by Gasteiger charge is 2.24. The van der Waals surface area contributed by atoms with Crippen LogP contribution in [0.15, 0.2) is 46.9 Å². The van der Waals surface area contributed by atoms with E-state index in [0.29, 0.717) is 12.0 Å². The highest BCUT2D eigenvalue weighted by Crippen LogP contribution is 2.39. The van der Waals surface area contributed by atoms with Crippen molar-refractivity contribution in [1.82, 2.24) is 5.32 Å². The lowest BCUT2D eigenvalue weighted by atomic mass is 9.89. The van der Waals surface area contributed by atoms with E-state index in [0.717, 1.165) is 17.7 Å². The van der Waals surface area contributed by atoms with Gasteiger partial charge in [0.05, 0.1) is 0 Å². The fourth-order valence-electron chi connectivity index (χ4n) is 4.23. The van der Waals surface area contributed by atoms with E-state index in [1.165, 1.54) is 46.7 Å². The second kappa shape index (κ2) is 4.97. The Bertz CT molecular complexity index is 934. The molecule has 2 heterocycles. The van der Waals surface area contributed by atoms with Gasteiger partial charge in [0.15, 0.2) is 0 Å². The smallest absolute Gasteiger partial charge is 0.140 e. The summed E-state index contributed by atoms with van der Waals surface area (Å²) in [6, 6.07) is 11.6. The molecule has 23 heavy (non-hydrogen) atoms. The van der Waals surface area contributed by atoms with Crippen LogP contribution in [-0.2, 0) is 6.54 Å². The highest BCUT2D eigenvalue weighted by atomic mass is 16.3. The van der Waals surface area contributed by atoms with Gasteiger partial charge in [-0.1, -0.05) is 36.4 Å². The summed E-state index contributed by atoms with van der Waals surface area (Å²) in [5.41, 5.74) is 6.21. The topological polar surface area (TPSA) is 25.2 Å². The fraction of sp³-hybridized carbons (Fsp3) is 0.333. The predicted molar refractivity (Wildman–Crippen MR) is 94.7 cm³/mol. The van der Waals surface area contributed by atoms with Gasteiger partial charge in [0, 0.05) is 34.8 Å². The molecule has 0 saturated carbocycles. The standard InChI is InChI=1S/C21H21NO/c1-13-20-16(12-22-13)8-10-18-17-9-7-15(11-19(17)23-21(18)20)14-5-3-2-4-6-14/h3,5,7-11,13-14,22H,2,4,6,12H2,1H3. The summed E-state index contributed by atoms with van der Waals surface area (Å²) in [5.74, 6) is 0.549. The van der Waals surface area contributed by atoms with Crippen molar-refractivity contribution >= 4 is 21.9 Å². The number of allylic oxidation sites excluding steroid dienone is 2. The Morgan fingerprint density at radius 1 is 1.13 bits per heavy atom. The van der Waals surface area contributed by atoms with Crippen molar-refractivity contribution in [2.24, 2.45) is 0 Å². The summed E-state index contributed by atoms with van der Waals surface area (Å²) in [4.78, 5) is 0. The van der Waals surface area contributed by atoms with E-state index in [9.17, 15) is 0 Å². The van der Waals surface area contributed by atoms with E-state index in [-0.39, 0.29) is 0 Å². The van der Waals surface area contributed by atoms with E-state index in [1.54, 1.807) is 0 Å². The van der Waals surface area contributed by atoms with Gasteiger partial charge in [-0.05, 0) is 43.4 Å². The molecule has 2 atom stereocenters. The molecular formula is C21H21NO. The molecule has 0 spiro atoms. The largest absolute Gasteiger partial charge is 0.456 e. The first-order valence-corrected chi connectivity index (χ1v) is 8.69. The van der Waals surface area contributed by atoms with Crippen LogP contribution in [0.1, 0.15) is 54.8 Å². The Morgan fingerprint density at radius 2 is 2.04 bits per heavy atom. The van der Waals surface area contributed by atoms with Crippen molar-refractivity contribution in [1.29, 1.82) is 0 Å². The Hall–Kier alpha value is -2.06. The minimum Gasteiger partial charge on any atom is -0.456 e. The van der Waals surface area contributed by atoms with Crippen LogP contribution >= 0.6 is 0 Å². The van der Waals surface area contributed by atoms with Crippen molar-refractivity contribution in [2.45, 2.75) is 44.7 Å². The normalized spacial score (nSPS) is 23.7. The maximum absolute atomic E-state index is 6.33. The van der Waals surface area contributed by atoms with Crippen LogP contribution in [-0.4, -0.2) is 0 Å². The van der Waals surface area contributed by atoms with Crippen LogP contribution in [0.2, 0.25) is 0 Å². The molecular weight excluding hydrogens is 282 g/mol. The Kier molecular flexibility index (Phi) is 2.89. The van der Waals surface area contributed by atoms with Crippen LogP contribution in [0.3, 0.4) is 0 Å². The quantitative estimate of drug-likeness (QED) is 0.594. The molecule has 0 fully saturated rings. The Labute approximate surface area is 136 Å². The number of hydrogen-bond acceptors (Lipinski definition) is 2. The molecule has 1 aliphatic carbocycles. The van der Waals surface area contributed by atoms with Crippen LogP contribution in [0.25, 0.3) is 21.9 Å². The van der Waals surface area contributed by atoms with Crippen molar-refractivity contribution in [3.05, 3.63) is 59.2 Å². The number of furan rings is 1. The van der Waals surface area contributed by atoms with Crippen molar-refractivity contribution in [3.63, 3.8) is 0 Å². The summed E-state index contributed by atoms with van der Waals surface area (Å²) >= 11 is 0. The molecule has 5 rings (SSSR count). The first-order chi connectivity index (χ1) is 11.3. The molecule has 0 amide bonds. The average Bonchev–Trinajstić information content (AvgIpc) is 3.15. The number of benzene rings is 2. The zero-order valence-electron chi connectivity index (χ0n) is 13.4. The molecule has 0 saturated heterocycles. The van der Waals surface area contributed by atoms with Gasteiger partial charge in [-0.25, -0.2) is 0 Å². The van der Waals surface area contributed by atoms with Gasteiger partial charge in [-0.2, -0.15) is 0 Å². The maximum atomic E-state index is 6.33. The van der Waals surface area contributed by atoms with Gasteiger partial charge >= 0.3 is 0 Å². The molecule has 0 radical (unpaired) electrons. The van der Waals surface area contributed by atoms with Crippen molar-refractivity contribution < 1.29 is 4.42 Å². The average molecular weight is 303 g/mol. The summed E-state index contributed by atoms with van der Waals surface area (Å²) in [6.07, 6.45) is 8.43. The summed E-state index contributed by atoms with van der Waals surface area (Å²) in [6.45, 7) is 3.16. The van der Waals surface area contributed by atoms with Crippen LogP contribution in [0.4, 0.5) is 0 Å². The molecule has 1 aromatic heterocycles. The first kappa shape index (κ1) is 13.4. The van der Waals surface area contributed by atoms with Crippen molar-refractivity contribution in [3.8, 4) is 0 Å². The maximum Gasteiger partial charge on any atom is 0.140 e. The Balaban J connectivity index is 1.72. The summed E-state index contributed by atoms with van der Waals surface area (Å²) in [5, 5.41) is 6.01. The van der Waals surface area contributed by atoms with Crippen LogP contribution < -0.4 is 5.32 Å². The SMILES string of the molecule is CC1NCc2ccc3c(oc4cc(C5C=CCCC5)ccc43)c21. The van der Waals surface area contributed by atoms with E-state index in [2.05, 4.69) is 54.7 Å². The van der Waals surface area contributed by atoms with Gasteiger partial charge in [0.1, 0.15) is 11.2 Å². The minimum atomic E-state index is 0.370. The minimum absolute atomic E-state index is 0.370. The van der Waals surface area contributed by atoms with Crippen LogP contribution in [0, 0.1) is 0 Å². The molecule has 0 bridgehead atoms. The lowest BCUT2D eigenvalue weighted by Crippen LogP contribution is -2.07. The third-order valence-electron chi connectivity index (χ3n) is 5.51. The lowest BCUT2D eigenvalue weighted by molar-refractivity contribution is 0.615. The Morgan fingerprint density at radius 3 is 2.91 bits per heavy atom. The van der Waals surface area contributed by atoms with Gasteiger partial charge in [-0.15, -0.1) is 0 Å². The van der Waals surface area contributed by atoms with Gasteiger partial charge < -0.3 is 9.73 Å². The number of rotatable bonds is 1. The molecule has 2 unspecified atom stereocenters. The van der Waals surface area contributed by atoms with Crippen LogP contribution in [0.5, 0.6) is 0 Å². The fourth-order valence-corrected chi connectivity index (χ4v) is 4.23. The molecule has 116 valence electrons. The zero-order valence-corrected chi connectivity index (χ0v) is 13.4. The first-order valence-electron chi connectivity index (χ1n) is 8.69. The number of hydrogen-bond donors (Lipinski definition) is 1. The van der Waals surface area contributed by atoms with E-state index < -0.39 is 0 Å². The third kappa shape index (κ3) is 1.98. The lowest BCUT2D eigenvalue weighted by Gasteiger charge is -2.16. The molecule has 2 nitrogen and oxygen atoms in total. The molecule has 1 aliphatic heterocycles.